The monoisotopic (exact) mass is 505 g/mol. The third kappa shape index (κ3) is 9.09. The van der Waals surface area contributed by atoms with E-state index in [2.05, 4.69) is 10.3 Å². The highest BCUT2D eigenvalue weighted by Crippen LogP contribution is 2.17. The number of Topliss-reactive ketones (excluding diaryl/α,β-unsaturated/α-hetero) is 1. The van der Waals surface area contributed by atoms with Crippen molar-refractivity contribution < 1.29 is 21.9 Å². The molecule has 0 unspecified atom stereocenters. The standard InChI is InChI=1S/C24H35N3O5SSi/c1-18(2)14-22(26-24(29)21-13-12-19(3)25-15-21)23(28)17-27(16-20-10-8-7-9-11-20)33(30,31)32-34(4,5)6/h7-13,15,18,22H,14,16-17H2,1-6H3,(H,26,29)/t22-/m0/s1. The number of pyridine rings is 1. The second-order valence-corrected chi connectivity index (χ2v) is 16.0. The van der Waals surface area contributed by atoms with Gasteiger partial charge in [-0.05, 0) is 56.6 Å². The fourth-order valence-electron chi connectivity index (χ4n) is 3.24. The molecule has 0 aliphatic carbocycles. The maximum Gasteiger partial charge on any atom is 0.329 e. The SMILES string of the molecule is Cc1ccc(C(=O)N[C@@H](CC(C)C)C(=O)CN(Cc2ccccc2)S(=O)(=O)O[Si](C)(C)C)cn1. The topological polar surface area (TPSA) is 106 Å². The second-order valence-electron chi connectivity index (χ2n) is 9.72. The Balaban J connectivity index is 2.28. The zero-order chi connectivity index (χ0) is 25.5. The van der Waals surface area contributed by atoms with Gasteiger partial charge in [-0.3, -0.25) is 14.6 Å². The first-order valence-electron chi connectivity index (χ1n) is 11.3. The number of aryl methyl sites for hydroxylation is 1. The van der Waals surface area contributed by atoms with E-state index < -0.39 is 42.9 Å². The van der Waals surface area contributed by atoms with E-state index in [4.69, 9.17) is 3.87 Å². The molecule has 34 heavy (non-hydrogen) atoms. The Labute approximate surface area is 204 Å². The maximum absolute atomic E-state index is 13.3. The maximum atomic E-state index is 13.3. The lowest BCUT2D eigenvalue weighted by Crippen LogP contribution is -2.48. The predicted octanol–water partition coefficient (Wildman–Crippen LogP) is 3.70. The number of nitrogens with zero attached hydrogens (tertiary/aromatic N) is 2. The number of aromatic nitrogens is 1. The average Bonchev–Trinajstić information content (AvgIpc) is 2.72. The summed E-state index contributed by atoms with van der Waals surface area (Å²) in [5.41, 5.74) is 1.84. The van der Waals surface area contributed by atoms with Crippen LogP contribution in [0.4, 0.5) is 0 Å². The summed E-state index contributed by atoms with van der Waals surface area (Å²) in [5, 5.41) is 2.77. The minimum absolute atomic E-state index is 0.0103. The van der Waals surface area contributed by atoms with Crippen LogP contribution in [0.25, 0.3) is 0 Å². The van der Waals surface area contributed by atoms with E-state index in [1.54, 1.807) is 56.0 Å². The highest BCUT2D eigenvalue weighted by atomic mass is 32.2. The van der Waals surface area contributed by atoms with Crippen molar-refractivity contribution in [1.29, 1.82) is 0 Å². The molecule has 0 fully saturated rings. The molecular formula is C24H35N3O5SSi. The van der Waals surface area contributed by atoms with Crippen molar-refractivity contribution in [2.45, 2.75) is 59.4 Å². The number of ketones is 1. The summed E-state index contributed by atoms with van der Waals surface area (Å²) in [6.07, 6.45) is 1.83. The van der Waals surface area contributed by atoms with Crippen molar-refractivity contribution in [2.75, 3.05) is 6.54 Å². The largest absolute Gasteiger partial charge is 0.342 e. The van der Waals surface area contributed by atoms with Gasteiger partial charge in [0.15, 0.2) is 5.78 Å². The van der Waals surface area contributed by atoms with Gasteiger partial charge in [0, 0.05) is 18.4 Å². The van der Waals surface area contributed by atoms with Gasteiger partial charge in [-0.1, -0.05) is 44.2 Å². The van der Waals surface area contributed by atoms with E-state index in [1.165, 1.54) is 6.20 Å². The average molecular weight is 506 g/mol. The van der Waals surface area contributed by atoms with E-state index in [0.29, 0.717) is 12.0 Å². The number of hydrogen-bond acceptors (Lipinski definition) is 6. The van der Waals surface area contributed by atoms with E-state index in [9.17, 15) is 18.0 Å². The molecule has 1 heterocycles. The van der Waals surface area contributed by atoms with Crippen LogP contribution in [0, 0.1) is 12.8 Å². The van der Waals surface area contributed by atoms with E-state index >= 15 is 0 Å². The van der Waals surface area contributed by atoms with E-state index in [1.807, 2.05) is 26.8 Å². The number of hydrogen-bond donors (Lipinski definition) is 1. The minimum Gasteiger partial charge on any atom is -0.342 e. The second kappa shape index (κ2) is 11.8. The van der Waals surface area contributed by atoms with Gasteiger partial charge in [0.25, 0.3) is 5.91 Å². The molecule has 186 valence electrons. The van der Waals surface area contributed by atoms with Crippen LogP contribution in [0.1, 0.15) is 41.9 Å². The Morgan fingerprint density at radius 1 is 1.09 bits per heavy atom. The Morgan fingerprint density at radius 3 is 2.26 bits per heavy atom. The third-order valence-corrected chi connectivity index (χ3v) is 8.51. The summed E-state index contributed by atoms with van der Waals surface area (Å²) in [6.45, 7) is 10.6. The Hall–Kier alpha value is -2.40. The highest BCUT2D eigenvalue weighted by Gasteiger charge is 2.34. The molecule has 1 aromatic carbocycles. The van der Waals surface area contributed by atoms with Crippen molar-refractivity contribution >= 4 is 30.3 Å². The first kappa shape index (κ1) is 27.8. The van der Waals surface area contributed by atoms with Gasteiger partial charge in [0.1, 0.15) is 0 Å². The van der Waals surface area contributed by atoms with Crippen molar-refractivity contribution in [3.05, 3.63) is 65.5 Å². The molecule has 0 aliphatic rings. The lowest BCUT2D eigenvalue weighted by Gasteiger charge is -2.27. The zero-order valence-electron chi connectivity index (χ0n) is 20.7. The molecule has 10 heteroatoms. The molecule has 1 atom stereocenters. The Kier molecular flexibility index (Phi) is 9.69. The van der Waals surface area contributed by atoms with Crippen LogP contribution in [0.3, 0.4) is 0 Å². The molecule has 0 bridgehead atoms. The normalized spacial score (nSPS) is 13.2. The van der Waals surface area contributed by atoms with Crippen molar-refractivity contribution in [2.24, 2.45) is 5.92 Å². The fraction of sp³-hybridized carbons (Fsp3) is 0.458. The molecule has 0 aliphatic heterocycles. The predicted molar refractivity (Wildman–Crippen MR) is 135 cm³/mol. The van der Waals surface area contributed by atoms with Crippen molar-refractivity contribution in [3.8, 4) is 0 Å². The number of amides is 1. The minimum atomic E-state index is -4.17. The molecule has 0 saturated carbocycles. The molecule has 0 saturated heterocycles. The first-order valence-corrected chi connectivity index (χ1v) is 16.0. The summed E-state index contributed by atoms with van der Waals surface area (Å²) >= 11 is 0. The van der Waals surface area contributed by atoms with Crippen LogP contribution in [0.2, 0.25) is 19.6 Å². The number of carbonyl (C=O) groups is 2. The molecule has 2 rings (SSSR count). The zero-order valence-corrected chi connectivity index (χ0v) is 22.6. The quantitative estimate of drug-likeness (QED) is 0.441. The lowest BCUT2D eigenvalue weighted by atomic mass is 9.99. The summed E-state index contributed by atoms with van der Waals surface area (Å²) in [6, 6.07) is 11.5. The van der Waals surface area contributed by atoms with Gasteiger partial charge in [-0.25, -0.2) is 0 Å². The molecule has 2 aromatic rings. The van der Waals surface area contributed by atoms with Crippen LogP contribution in [-0.2, 0) is 25.5 Å². The van der Waals surface area contributed by atoms with Crippen LogP contribution in [0.15, 0.2) is 48.7 Å². The highest BCUT2D eigenvalue weighted by molar-refractivity contribution is 7.85. The van der Waals surface area contributed by atoms with Crippen molar-refractivity contribution in [3.63, 3.8) is 0 Å². The van der Waals surface area contributed by atoms with Crippen LogP contribution in [0.5, 0.6) is 0 Å². The van der Waals surface area contributed by atoms with Crippen LogP contribution < -0.4 is 5.32 Å². The number of benzene rings is 1. The van der Waals surface area contributed by atoms with E-state index in [0.717, 1.165) is 15.6 Å². The van der Waals surface area contributed by atoms with Gasteiger partial charge in [-0.15, -0.1) is 0 Å². The number of rotatable bonds is 12. The number of carbonyl (C=O) groups excluding carboxylic acids is 2. The van der Waals surface area contributed by atoms with Crippen LogP contribution >= 0.6 is 0 Å². The smallest absolute Gasteiger partial charge is 0.329 e. The van der Waals surface area contributed by atoms with Gasteiger partial charge >= 0.3 is 10.3 Å². The molecule has 0 spiro atoms. The molecule has 0 radical (unpaired) electrons. The fourth-order valence-corrected chi connectivity index (χ4v) is 6.78. The Morgan fingerprint density at radius 2 is 1.74 bits per heavy atom. The summed E-state index contributed by atoms with van der Waals surface area (Å²) < 4.78 is 32.7. The summed E-state index contributed by atoms with van der Waals surface area (Å²) in [4.78, 5) is 30.2. The lowest BCUT2D eigenvalue weighted by molar-refractivity contribution is -0.121. The third-order valence-electron chi connectivity index (χ3n) is 4.78. The van der Waals surface area contributed by atoms with Crippen LogP contribution in [-0.4, -0.2) is 50.3 Å². The first-order chi connectivity index (χ1) is 15.8. The Bertz CT molecular complexity index is 1070. The number of nitrogens with one attached hydrogen (secondary N) is 1. The molecule has 8 nitrogen and oxygen atoms in total. The molecule has 1 aromatic heterocycles. The van der Waals surface area contributed by atoms with E-state index in [-0.39, 0.29) is 12.5 Å². The summed E-state index contributed by atoms with van der Waals surface area (Å²) in [5.74, 6) is -0.731. The van der Waals surface area contributed by atoms with Gasteiger partial charge in [0.2, 0.25) is 8.32 Å². The molecule has 1 amide bonds. The van der Waals surface area contributed by atoms with Gasteiger partial charge in [-0.2, -0.15) is 12.7 Å². The van der Waals surface area contributed by atoms with Gasteiger partial charge < -0.3 is 9.19 Å². The van der Waals surface area contributed by atoms with Crippen molar-refractivity contribution in [1.82, 2.24) is 14.6 Å². The molecular weight excluding hydrogens is 470 g/mol. The summed E-state index contributed by atoms with van der Waals surface area (Å²) in [7, 11) is -6.64. The molecule has 1 N–H and O–H groups in total. The van der Waals surface area contributed by atoms with Gasteiger partial charge in [0.05, 0.1) is 18.2 Å².